The number of anilines is 1. The maximum absolute atomic E-state index is 10.8. The molecule has 2 rings (SSSR count). The average molecular weight is 227 g/mol. The number of benzene rings is 1. The van der Waals surface area contributed by atoms with E-state index < -0.39 is 0 Å². The molecule has 0 saturated carbocycles. The Bertz CT molecular complexity index is 494. The number of nitrogens with zero attached hydrogens (tertiary/aromatic N) is 3. The Hall–Kier alpha value is -2.36. The molecule has 4 nitrogen and oxygen atoms in total. The van der Waals surface area contributed by atoms with E-state index in [1.165, 1.54) is 12.4 Å². The van der Waals surface area contributed by atoms with Crippen LogP contribution in [-0.4, -0.2) is 13.3 Å². The summed E-state index contributed by atoms with van der Waals surface area (Å²) in [5.41, 5.74) is 1.90. The Morgan fingerprint density at radius 2 is 1.76 bits per heavy atom. The minimum absolute atomic E-state index is 0.748. The highest BCUT2D eigenvalue weighted by Gasteiger charge is 1.96. The Labute approximate surface area is 100 Å². The normalized spacial score (nSPS) is 10.6. The molecule has 4 heteroatoms. The van der Waals surface area contributed by atoms with Crippen LogP contribution >= 0.6 is 0 Å². The van der Waals surface area contributed by atoms with E-state index in [-0.39, 0.29) is 0 Å². The summed E-state index contributed by atoms with van der Waals surface area (Å²) in [6.07, 6.45) is 4.61. The molecule has 0 atom stereocenters. The lowest BCUT2D eigenvalue weighted by molar-refractivity contribution is -0.605. The smallest absolute Gasteiger partial charge is 0.181 e. The molecule has 86 valence electrons. The van der Waals surface area contributed by atoms with E-state index in [0.717, 1.165) is 16.0 Å². The van der Waals surface area contributed by atoms with Crippen LogP contribution in [0.3, 0.4) is 0 Å². The first-order chi connectivity index (χ1) is 8.25. The van der Waals surface area contributed by atoms with Gasteiger partial charge in [0.25, 0.3) is 0 Å². The largest absolute Gasteiger partial charge is 0.619 e. The first kappa shape index (κ1) is 11.1. The Morgan fingerprint density at radius 1 is 1.12 bits per heavy atom. The van der Waals surface area contributed by atoms with Crippen molar-refractivity contribution in [1.82, 2.24) is 0 Å². The minimum Gasteiger partial charge on any atom is -0.619 e. The van der Waals surface area contributed by atoms with Gasteiger partial charge in [-0.3, -0.25) is 5.01 Å². The summed E-state index contributed by atoms with van der Waals surface area (Å²) in [7, 11) is 1.88. The predicted octanol–water partition coefficient (Wildman–Crippen LogP) is 1.79. The van der Waals surface area contributed by atoms with E-state index in [1.807, 2.05) is 37.4 Å². The quantitative estimate of drug-likeness (QED) is 0.347. The number of pyridine rings is 1. The maximum Gasteiger partial charge on any atom is 0.181 e. The van der Waals surface area contributed by atoms with Gasteiger partial charge in [0.2, 0.25) is 0 Å². The number of hydrazone groups is 1. The Morgan fingerprint density at radius 3 is 2.41 bits per heavy atom. The van der Waals surface area contributed by atoms with E-state index in [9.17, 15) is 5.21 Å². The highest BCUT2D eigenvalue weighted by atomic mass is 16.5. The van der Waals surface area contributed by atoms with Crippen molar-refractivity contribution in [3.8, 4) is 0 Å². The molecule has 0 amide bonds. The van der Waals surface area contributed by atoms with Crippen LogP contribution in [0.1, 0.15) is 5.56 Å². The highest BCUT2D eigenvalue weighted by molar-refractivity contribution is 5.79. The van der Waals surface area contributed by atoms with Crippen molar-refractivity contribution in [2.45, 2.75) is 0 Å². The molecular weight excluding hydrogens is 214 g/mol. The monoisotopic (exact) mass is 227 g/mol. The number of rotatable bonds is 3. The molecule has 0 fully saturated rings. The summed E-state index contributed by atoms with van der Waals surface area (Å²) >= 11 is 0. The molecule has 1 aromatic carbocycles. The van der Waals surface area contributed by atoms with Gasteiger partial charge in [0.15, 0.2) is 12.4 Å². The van der Waals surface area contributed by atoms with E-state index >= 15 is 0 Å². The SMILES string of the molecule is CN(/N=C/c1cc[n+]([O-])cc1)c1ccccc1. The van der Waals surface area contributed by atoms with Crippen LogP contribution in [0, 0.1) is 5.21 Å². The summed E-state index contributed by atoms with van der Waals surface area (Å²) in [6, 6.07) is 13.3. The lowest BCUT2D eigenvalue weighted by Gasteiger charge is -2.11. The van der Waals surface area contributed by atoms with Crippen molar-refractivity contribution >= 4 is 11.9 Å². The maximum atomic E-state index is 10.8. The predicted molar refractivity (Wildman–Crippen MR) is 67.8 cm³/mol. The van der Waals surface area contributed by atoms with Gasteiger partial charge in [-0.2, -0.15) is 9.83 Å². The number of para-hydroxylation sites is 1. The van der Waals surface area contributed by atoms with Crippen LogP contribution < -0.4 is 9.74 Å². The summed E-state index contributed by atoms with van der Waals surface area (Å²) in [5, 5.41) is 16.9. The van der Waals surface area contributed by atoms with E-state index in [1.54, 1.807) is 23.4 Å². The van der Waals surface area contributed by atoms with Gasteiger partial charge >= 0.3 is 0 Å². The molecule has 1 aromatic heterocycles. The molecule has 0 N–H and O–H groups in total. The fraction of sp³-hybridized carbons (Fsp3) is 0.0769. The molecular formula is C13H13N3O. The van der Waals surface area contributed by atoms with Crippen LogP contribution in [0.4, 0.5) is 5.69 Å². The lowest BCUT2D eigenvalue weighted by atomic mass is 10.3. The van der Waals surface area contributed by atoms with Gasteiger partial charge < -0.3 is 5.21 Å². The molecule has 0 radical (unpaired) electrons. The van der Waals surface area contributed by atoms with E-state index in [4.69, 9.17) is 0 Å². The second kappa shape index (κ2) is 5.12. The second-order valence-corrected chi connectivity index (χ2v) is 3.60. The molecule has 17 heavy (non-hydrogen) atoms. The Balaban J connectivity index is 2.08. The number of aromatic nitrogens is 1. The second-order valence-electron chi connectivity index (χ2n) is 3.60. The molecule has 0 aliphatic carbocycles. The first-order valence-electron chi connectivity index (χ1n) is 5.27. The van der Waals surface area contributed by atoms with Gasteiger partial charge in [-0.1, -0.05) is 18.2 Å². The van der Waals surface area contributed by atoms with Crippen molar-refractivity contribution in [2.75, 3.05) is 12.1 Å². The van der Waals surface area contributed by atoms with Gasteiger partial charge in [0, 0.05) is 24.7 Å². The zero-order chi connectivity index (χ0) is 12.1. The van der Waals surface area contributed by atoms with Crippen molar-refractivity contribution in [3.05, 3.63) is 65.6 Å². The topological polar surface area (TPSA) is 42.5 Å². The molecule has 1 heterocycles. The first-order valence-corrected chi connectivity index (χ1v) is 5.27. The van der Waals surface area contributed by atoms with Gasteiger partial charge in [0.05, 0.1) is 11.9 Å². The molecule has 0 aliphatic heterocycles. The molecule has 0 unspecified atom stereocenters. The molecule has 0 bridgehead atoms. The Kier molecular flexibility index (Phi) is 3.35. The summed E-state index contributed by atoms with van der Waals surface area (Å²) in [5.74, 6) is 0. The minimum atomic E-state index is 0.748. The van der Waals surface area contributed by atoms with Crippen LogP contribution in [-0.2, 0) is 0 Å². The standard InChI is InChI=1S/C13H13N3O/c1-15(13-5-3-2-4-6-13)14-11-12-7-9-16(17)10-8-12/h2-11H,1H3/b14-11+. The van der Waals surface area contributed by atoms with Crippen LogP contribution in [0.25, 0.3) is 0 Å². The van der Waals surface area contributed by atoms with E-state index in [0.29, 0.717) is 0 Å². The molecule has 0 aliphatic rings. The van der Waals surface area contributed by atoms with Crippen LogP contribution in [0.5, 0.6) is 0 Å². The number of hydrogen-bond acceptors (Lipinski definition) is 3. The van der Waals surface area contributed by atoms with Crippen molar-refractivity contribution in [1.29, 1.82) is 0 Å². The number of hydrogen-bond donors (Lipinski definition) is 0. The third-order valence-electron chi connectivity index (χ3n) is 2.34. The zero-order valence-corrected chi connectivity index (χ0v) is 9.52. The highest BCUT2D eigenvalue weighted by Crippen LogP contribution is 2.10. The van der Waals surface area contributed by atoms with E-state index in [2.05, 4.69) is 5.10 Å². The molecule has 0 spiro atoms. The zero-order valence-electron chi connectivity index (χ0n) is 9.52. The van der Waals surface area contributed by atoms with Crippen molar-refractivity contribution < 1.29 is 4.73 Å². The fourth-order valence-electron chi connectivity index (χ4n) is 1.37. The third kappa shape index (κ3) is 3.04. The summed E-state index contributed by atoms with van der Waals surface area (Å²) < 4.78 is 0.748. The van der Waals surface area contributed by atoms with Gasteiger partial charge in [-0.25, -0.2) is 0 Å². The summed E-state index contributed by atoms with van der Waals surface area (Å²) in [4.78, 5) is 0. The van der Waals surface area contributed by atoms with Crippen LogP contribution in [0.15, 0.2) is 60.0 Å². The third-order valence-corrected chi connectivity index (χ3v) is 2.34. The van der Waals surface area contributed by atoms with Crippen LogP contribution in [0.2, 0.25) is 0 Å². The van der Waals surface area contributed by atoms with Crippen molar-refractivity contribution in [2.24, 2.45) is 5.10 Å². The van der Waals surface area contributed by atoms with Crippen molar-refractivity contribution in [3.63, 3.8) is 0 Å². The lowest BCUT2D eigenvalue weighted by Crippen LogP contribution is -2.23. The molecule has 0 saturated heterocycles. The van der Waals surface area contributed by atoms with Gasteiger partial charge in [-0.05, 0) is 12.1 Å². The van der Waals surface area contributed by atoms with Gasteiger partial charge in [-0.15, -0.1) is 0 Å². The average Bonchev–Trinajstić information content (AvgIpc) is 2.39. The van der Waals surface area contributed by atoms with Gasteiger partial charge in [0.1, 0.15) is 0 Å². The fourth-order valence-corrected chi connectivity index (χ4v) is 1.37. The summed E-state index contributed by atoms with van der Waals surface area (Å²) in [6.45, 7) is 0. The molecule has 2 aromatic rings.